The first-order valence-electron chi connectivity index (χ1n) is 8.47. The Kier molecular flexibility index (Phi) is 15.1. The molecule has 0 N–H and O–H groups in total. The number of carbonyl (C=O) groups excluding carboxylic acids is 1. The lowest BCUT2D eigenvalue weighted by Gasteiger charge is -2.03. The average molecular weight is 269 g/mol. The SMILES string of the molecule is CCCCCCCCCCCCCCCCC(=O)[O-]. The van der Waals surface area contributed by atoms with E-state index in [0.29, 0.717) is 0 Å². The predicted octanol–water partition coefficient (Wildman–Crippen LogP) is 4.61. The smallest absolute Gasteiger partial charge is 0.0414 e. The quantitative estimate of drug-likeness (QED) is 0.407. The van der Waals surface area contributed by atoms with Crippen LogP contribution in [-0.4, -0.2) is 5.97 Å². The molecule has 0 aromatic rings. The number of rotatable bonds is 15. The van der Waals surface area contributed by atoms with Gasteiger partial charge in [-0.1, -0.05) is 90.4 Å². The Morgan fingerprint density at radius 2 is 0.947 bits per heavy atom. The Morgan fingerprint density at radius 3 is 1.26 bits per heavy atom. The van der Waals surface area contributed by atoms with Gasteiger partial charge in [0.05, 0.1) is 0 Å². The van der Waals surface area contributed by atoms with E-state index in [1.165, 1.54) is 77.0 Å². The van der Waals surface area contributed by atoms with Gasteiger partial charge in [0, 0.05) is 5.97 Å². The van der Waals surface area contributed by atoms with E-state index in [1.807, 2.05) is 0 Å². The number of hydrogen-bond donors (Lipinski definition) is 0. The molecule has 0 saturated carbocycles. The number of unbranched alkanes of at least 4 members (excludes halogenated alkanes) is 13. The van der Waals surface area contributed by atoms with Crippen LogP contribution < -0.4 is 5.11 Å². The molecule has 0 atom stereocenters. The highest BCUT2D eigenvalue weighted by molar-refractivity contribution is 5.63. The Labute approximate surface area is 120 Å². The largest absolute Gasteiger partial charge is 0.550 e. The van der Waals surface area contributed by atoms with E-state index < -0.39 is 5.97 Å². The minimum Gasteiger partial charge on any atom is -0.550 e. The van der Waals surface area contributed by atoms with Crippen LogP contribution in [0, 0.1) is 0 Å². The van der Waals surface area contributed by atoms with E-state index in [4.69, 9.17) is 0 Å². The lowest BCUT2D eigenvalue weighted by atomic mass is 10.0. The minimum absolute atomic E-state index is 0.234. The van der Waals surface area contributed by atoms with Crippen LogP contribution in [0.15, 0.2) is 0 Å². The lowest BCUT2D eigenvalue weighted by Crippen LogP contribution is -2.21. The normalized spacial score (nSPS) is 10.8. The average Bonchev–Trinajstić information content (AvgIpc) is 2.39. The van der Waals surface area contributed by atoms with Gasteiger partial charge < -0.3 is 9.90 Å². The van der Waals surface area contributed by atoms with Crippen LogP contribution in [0.3, 0.4) is 0 Å². The summed E-state index contributed by atoms with van der Waals surface area (Å²) in [6.45, 7) is 2.26. The fraction of sp³-hybridized carbons (Fsp3) is 0.941. The number of carboxylic acids is 1. The maximum Gasteiger partial charge on any atom is 0.0414 e. The maximum atomic E-state index is 10.2. The molecule has 0 spiro atoms. The monoisotopic (exact) mass is 269 g/mol. The second kappa shape index (κ2) is 15.5. The van der Waals surface area contributed by atoms with Crippen molar-refractivity contribution in [2.75, 3.05) is 0 Å². The molecule has 0 heterocycles. The Hall–Kier alpha value is -0.530. The summed E-state index contributed by atoms with van der Waals surface area (Å²) in [6.07, 6.45) is 18.4. The number of hydrogen-bond acceptors (Lipinski definition) is 2. The number of carbonyl (C=O) groups is 1. The fourth-order valence-electron chi connectivity index (χ4n) is 2.46. The van der Waals surface area contributed by atoms with Gasteiger partial charge in [0.2, 0.25) is 0 Å². The highest BCUT2D eigenvalue weighted by atomic mass is 16.4. The first-order chi connectivity index (χ1) is 9.27. The number of carboxylic acid groups (broad SMARTS) is 1. The van der Waals surface area contributed by atoms with Crippen molar-refractivity contribution < 1.29 is 9.90 Å². The summed E-state index contributed by atoms with van der Waals surface area (Å²) in [6, 6.07) is 0. The molecule has 0 aromatic heterocycles. The zero-order chi connectivity index (χ0) is 14.2. The Morgan fingerprint density at radius 1 is 0.632 bits per heavy atom. The van der Waals surface area contributed by atoms with Gasteiger partial charge in [-0.25, -0.2) is 0 Å². The van der Waals surface area contributed by atoms with Crippen molar-refractivity contribution >= 4 is 5.97 Å². The van der Waals surface area contributed by atoms with Crippen molar-refractivity contribution in [1.29, 1.82) is 0 Å². The molecule has 0 unspecified atom stereocenters. The summed E-state index contributed by atoms with van der Waals surface area (Å²) < 4.78 is 0. The van der Waals surface area contributed by atoms with Crippen LogP contribution in [0.25, 0.3) is 0 Å². The molecule has 0 amide bonds. The van der Waals surface area contributed by atoms with Gasteiger partial charge in [0.15, 0.2) is 0 Å². The summed E-state index contributed by atoms with van der Waals surface area (Å²) in [5.41, 5.74) is 0. The van der Waals surface area contributed by atoms with Gasteiger partial charge in [0.25, 0.3) is 0 Å². The van der Waals surface area contributed by atoms with Crippen LogP contribution in [0.5, 0.6) is 0 Å². The highest BCUT2D eigenvalue weighted by Crippen LogP contribution is 2.13. The molecule has 0 rings (SSSR count). The third-order valence-corrected chi connectivity index (χ3v) is 3.73. The molecule has 0 fully saturated rings. The van der Waals surface area contributed by atoms with Gasteiger partial charge in [-0.05, 0) is 12.8 Å². The van der Waals surface area contributed by atoms with Crippen LogP contribution in [0.2, 0.25) is 0 Å². The van der Waals surface area contributed by atoms with E-state index in [9.17, 15) is 9.90 Å². The van der Waals surface area contributed by atoms with Gasteiger partial charge >= 0.3 is 0 Å². The molecular weight excluding hydrogens is 236 g/mol. The Balaban J connectivity index is 2.93. The standard InChI is InChI=1S/C17H34O2/c1-2-3-4-5-6-7-8-9-10-11-12-13-14-15-16-17(18)19/h2-16H2,1H3,(H,18,19)/p-1. The van der Waals surface area contributed by atoms with E-state index in [-0.39, 0.29) is 6.42 Å². The van der Waals surface area contributed by atoms with Crippen LogP contribution in [-0.2, 0) is 4.79 Å². The molecule has 0 aromatic carbocycles. The molecule has 0 aliphatic carbocycles. The van der Waals surface area contributed by atoms with Crippen molar-refractivity contribution in [3.05, 3.63) is 0 Å². The van der Waals surface area contributed by atoms with E-state index in [0.717, 1.165) is 12.8 Å². The zero-order valence-corrected chi connectivity index (χ0v) is 12.9. The van der Waals surface area contributed by atoms with E-state index in [2.05, 4.69) is 6.92 Å². The molecule has 0 aliphatic heterocycles. The van der Waals surface area contributed by atoms with E-state index >= 15 is 0 Å². The van der Waals surface area contributed by atoms with Crippen LogP contribution in [0.4, 0.5) is 0 Å². The third kappa shape index (κ3) is 17.5. The third-order valence-electron chi connectivity index (χ3n) is 3.73. The summed E-state index contributed by atoms with van der Waals surface area (Å²) in [4.78, 5) is 10.2. The van der Waals surface area contributed by atoms with Crippen LogP contribution in [0.1, 0.15) is 103 Å². The molecule has 0 radical (unpaired) electrons. The molecule has 2 heteroatoms. The Bertz CT molecular complexity index is 190. The van der Waals surface area contributed by atoms with E-state index in [1.54, 1.807) is 0 Å². The second-order valence-electron chi connectivity index (χ2n) is 5.72. The second-order valence-corrected chi connectivity index (χ2v) is 5.72. The molecule has 114 valence electrons. The molecule has 0 bridgehead atoms. The lowest BCUT2D eigenvalue weighted by molar-refractivity contribution is -0.305. The van der Waals surface area contributed by atoms with Gasteiger partial charge in [-0.3, -0.25) is 0 Å². The number of aliphatic carboxylic acids is 1. The van der Waals surface area contributed by atoms with Gasteiger partial charge in [-0.2, -0.15) is 0 Å². The topological polar surface area (TPSA) is 40.1 Å². The fourth-order valence-corrected chi connectivity index (χ4v) is 2.46. The van der Waals surface area contributed by atoms with Gasteiger partial charge in [-0.15, -0.1) is 0 Å². The molecular formula is C17H33O2-. The highest BCUT2D eigenvalue weighted by Gasteiger charge is 1.94. The van der Waals surface area contributed by atoms with Crippen molar-refractivity contribution in [3.8, 4) is 0 Å². The summed E-state index contributed by atoms with van der Waals surface area (Å²) in [7, 11) is 0. The molecule has 19 heavy (non-hydrogen) atoms. The zero-order valence-electron chi connectivity index (χ0n) is 12.9. The first-order valence-corrected chi connectivity index (χ1v) is 8.47. The van der Waals surface area contributed by atoms with Crippen molar-refractivity contribution in [3.63, 3.8) is 0 Å². The van der Waals surface area contributed by atoms with Crippen molar-refractivity contribution in [2.24, 2.45) is 0 Å². The predicted molar refractivity (Wildman–Crippen MR) is 79.9 cm³/mol. The van der Waals surface area contributed by atoms with Crippen LogP contribution >= 0.6 is 0 Å². The minimum atomic E-state index is -0.904. The summed E-state index contributed by atoms with van der Waals surface area (Å²) in [5, 5.41) is 10.2. The first kappa shape index (κ1) is 18.5. The summed E-state index contributed by atoms with van der Waals surface area (Å²) in [5.74, 6) is -0.904. The van der Waals surface area contributed by atoms with Gasteiger partial charge in [0.1, 0.15) is 0 Å². The summed E-state index contributed by atoms with van der Waals surface area (Å²) >= 11 is 0. The van der Waals surface area contributed by atoms with Crippen molar-refractivity contribution in [1.82, 2.24) is 0 Å². The van der Waals surface area contributed by atoms with Crippen molar-refractivity contribution in [2.45, 2.75) is 103 Å². The molecule has 0 aliphatic rings. The maximum absolute atomic E-state index is 10.2. The molecule has 0 saturated heterocycles. The molecule has 2 nitrogen and oxygen atoms in total.